The third kappa shape index (κ3) is 3.51. The van der Waals surface area contributed by atoms with Gasteiger partial charge in [0.05, 0.1) is 23.8 Å². The maximum atomic E-state index is 9.22. The Bertz CT molecular complexity index is 766. The van der Waals surface area contributed by atoms with Crippen molar-refractivity contribution in [3.05, 3.63) is 59.8 Å². The summed E-state index contributed by atoms with van der Waals surface area (Å²) in [5.41, 5.74) is 1.72. The number of ether oxygens (including phenoxy) is 2. The lowest BCUT2D eigenvalue weighted by molar-refractivity contribution is -0.188. The summed E-state index contributed by atoms with van der Waals surface area (Å²) in [5, 5.41) is 9.22. The van der Waals surface area contributed by atoms with E-state index in [2.05, 4.69) is 16.0 Å². The summed E-state index contributed by atoms with van der Waals surface area (Å²) in [4.78, 5) is 6.58. The van der Waals surface area contributed by atoms with Crippen LogP contribution in [0.5, 0.6) is 5.88 Å². The second kappa shape index (κ2) is 6.83. The third-order valence-electron chi connectivity index (χ3n) is 4.93. The summed E-state index contributed by atoms with van der Waals surface area (Å²) in [6.45, 7) is 3.28. The minimum Gasteiger partial charge on any atom is -0.474 e. The van der Waals surface area contributed by atoms with Crippen LogP contribution >= 0.6 is 0 Å². The van der Waals surface area contributed by atoms with Gasteiger partial charge in [0.25, 0.3) is 0 Å². The summed E-state index contributed by atoms with van der Waals surface area (Å²) < 4.78 is 12.1. The Morgan fingerprint density at radius 2 is 2.08 bits per heavy atom. The SMILES string of the molecule is N#Cc1ccccc1CN1CC2(CC(Oc3ccccn3)CCO2)C1. The zero-order valence-electron chi connectivity index (χ0n) is 14.1. The number of pyridine rings is 1. The van der Waals surface area contributed by atoms with Crippen LogP contribution in [-0.2, 0) is 11.3 Å². The van der Waals surface area contributed by atoms with Crippen LogP contribution < -0.4 is 4.74 Å². The number of nitrogens with zero attached hydrogens (tertiary/aromatic N) is 3. The highest BCUT2D eigenvalue weighted by molar-refractivity contribution is 5.37. The van der Waals surface area contributed by atoms with Crippen LogP contribution in [0, 0.1) is 11.3 Å². The molecular weight excluding hydrogens is 314 g/mol. The van der Waals surface area contributed by atoms with Gasteiger partial charge < -0.3 is 9.47 Å². The van der Waals surface area contributed by atoms with Crippen molar-refractivity contribution in [2.45, 2.75) is 31.1 Å². The number of likely N-dealkylation sites (tertiary alicyclic amines) is 1. The van der Waals surface area contributed by atoms with Gasteiger partial charge in [-0.05, 0) is 17.7 Å². The summed E-state index contributed by atoms with van der Waals surface area (Å²) in [6, 6.07) is 15.8. The van der Waals surface area contributed by atoms with E-state index in [-0.39, 0.29) is 11.7 Å². The number of benzene rings is 1. The van der Waals surface area contributed by atoms with Crippen molar-refractivity contribution < 1.29 is 9.47 Å². The van der Waals surface area contributed by atoms with Crippen LogP contribution in [0.1, 0.15) is 24.0 Å². The van der Waals surface area contributed by atoms with Crippen molar-refractivity contribution in [1.82, 2.24) is 9.88 Å². The normalized spacial score (nSPS) is 22.1. The van der Waals surface area contributed by atoms with Gasteiger partial charge in [0, 0.05) is 44.7 Å². The molecule has 0 saturated carbocycles. The fourth-order valence-electron chi connectivity index (χ4n) is 3.78. The fourth-order valence-corrected chi connectivity index (χ4v) is 3.78. The molecule has 1 aromatic heterocycles. The van der Waals surface area contributed by atoms with Crippen LogP contribution in [-0.4, -0.2) is 41.3 Å². The largest absolute Gasteiger partial charge is 0.474 e. The monoisotopic (exact) mass is 335 g/mol. The van der Waals surface area contributed by atoms with Crippen molar-refractivity contribution in [3.63, 3.8) is 0 Å². The summed E-state index contributed by atoms with van der Waals surface area (Å²) in [7, 11) is 0. The first kappa shape index (κ1) is 16.1. The highest BCUT2D eigenvalue weighted by Gasteiger charge is 2.48. The van der Waals surface area contributed by atoms with Gasteiger partial charge >= 0.3 is 0 Å². The molecule has 2 fully saturated rings. The number of rotatable bonds is 4. The zero-order chi connectivity index (χ0) is 17.1. The van der Waals surface area contributed by atoms with Gasteiger partial charge in [-0.3, -0.25) is 4.90 Å². The zero-order valence-corrected chi connectivity index (χ0v) is 14.1. The molecule has 2 aromatic rings. The van der Waals surface area contributed by atoms with E-state index in [0.717, 1.165) is 50.2 Å². The highest BCUT2D eigenvalue weighted by Crippen LogP contribution is 2.36. The highest BCUT2D eigenvalue weighted by atomic mass is 16.5. The second-order valence-electron chi connectivity index (χ2n) is 6.85. The minimum absolute atomic E-state index is 0.112. The molecule has 4 rings (SSSR count). The number of aromatic nitrogens is 1. The van der Waals surface area contributed by atoms with Gasteiger partial charge in [0.1, 0.15) is 6.10 Å². The Balaban J connectivity index is 1.34. The maximum absolute atomic E-state index is 9.22. The Hall–Kier alpha value is -2.42. The Labute approximate surface area is 147 Å². The van der Waals surface area contributed by atoms with E-state index in [0.29, 0.717) is 5.88 Å². The molecule has 1 atom stereocenters. The summed E-state index contributed by atoms with van der Waals surface area (Å²) in [5.74, 6) is 0.684. The van der Waals surface area contributed by atoms with Crippen molar-refractivity contribution >= 4 is 0 Å². The summed E-state index contributed by atoms with van der Waals surface area (Å²) in [6.07, 6.45) is 3.69. The van der Waals surface area contributed by atoms with Gasteiger partial charge in [-0.15, -0.1) is 0 Å². The Morgan fingerprint density at radius 1 is 1.24 bits per heavy atom. The molecular formula is C20H21N3O2. The van der Waals surface area contributed by atoms with E-state index in [1.54, 1.807) is 6.20 Å². The van der Waals surface area contributed by atoms with Gasteiger partial charge in [-0.2, -0.15) is 5.26 Å². The van der Waals surface area contributed by atoms with E-state index in [1.807, 2.05) is 42.5 Å². The molecule has 0 N–H and O–H groups in total. The molecule has 1 aromatic carbocycles. The van der Waals surface area contributed by atoms with Crippen LogP contribution in [0.15, 0.2) is 48.7 Å². The molecule has 2 aliphatic rings. The molecule has 0 bridgehead atoms. The number of hydrogen-bond donors (Lipinski definition) is 0. The predicted molar refractivity (Wildman–Crippen MR) is 93.0 cm³/mol. The Morgan fingerprint density at radius 3 is 2.88 bits per heavy atom. The molecule has 0 amide bonds. The van der Waals surface area contributed by atoms with E-state index in [9.17, 15) is 5.26 Å². The topological polar surface area (TPSA) is 58.4 Å². The molecule has 128 valence electrons. The third-order valence-corrected chi connectivity index (χ3v) is 4.93. The average molecular weight is 335 g/mol. The molecule has 2 aliphatic heterocycles. The molecule has 0 aliphatic carbocycles. The molecule has 25 heavy (non-hydrogen) atoms. The first-order valence-corrected chi connectivity index (χ1v) is 8.68. The lowest BCUT2D eigenvalue weighted by atomic mass is 9.84. The van der Waals surface area contributed by atoms with Crippen molar-refractivity contribution in [3.8, 4) is 11.9 Å². The second-order valence-corrected chi connectivity index (χ2v) is 6.85. The van der Waals surface area contributed by atoms with Crippen molar-refractivity contribution in [2.24, 2.45) is 0 Å². The first-order valence-electron chi connectivity index (χ1n) is 8.68. The molecule has 3 heterocycles. The average Bonchev–Trinajstić information content (AvgIpc) is 2.62. The smallest absolute Gasteiger partial charge is 0.213 e. The van der Waals surface area contributed by atoms with Gasteiger partial charge in [-0.25, -0.2) is 4.98 Å². The molecule has 1 unspecified atom stereocenters. The van der Waals surface area contributed by atoms with Crippen LogP contribution in [0.2, 0.25) is 0 Å². The lowest BCUT2D eigenvalue weighted by Gasteiger charge is -2.53. The quantitative estimate of drug-likeness (QED) is 0.860. The summed E-state index contributed by atoms with van der Waals surface area (Å²) >= 11 is 0. The van der Waals surface area contributed by atoms with Crippen LogP contribution in [0.25, 0.3) is 0 Å². The van der Waals surface area contributed by atoms with Crippen molar-refractivity contribution in [1.29, 1.82) is 5.26 Å². The number of hydrogen-bond acceptors (Lipinski definition) is 5. The van der Waals surface area contributed by atoms with E-state index in [1.165, 1.54) is 0 Å². The maximum Gasteiger partial charge on any atom is 0.213 e. The van der Waals surface area contributed by atoms with E-state index >= 15 is 0 Å². The molecule has 2 saturated heterocycles. The first-order chi connectivity index (χ1) is 12.3. The lowest BCUT2D eigenvalue weighted by Crippen LogP contribution is -2.65. The van der Waals surface area contributed by atoms with Gasteiger partial charge in [0.15, 0.2) is 0 Å². The van der Waals surface area contributed by atoms with Gasteiger partial charge in [0.2, 0.25) is 5.88 Å². The standard InChI is InChI=1S/C20H21N3O2/c21-12-16-5-1-2-6-17(16)13-23-14-20(15-23)11-18(8-10-24-20)25-19-7-3-4-9-22-19/h1-7,9,18H,8,10-11,13-15H2. The molecule has 1 spiro atoms. The van der Waals surface area contributed by atoms with Gasteiger partial charge in [-0.1, -0.05) is 24.3 Å². The molecule has 5 heteroatoms. The molecule has 5 nitrogen and oxygen atoms in total. The number of nitriles is 1. The molecule has 0 radical (unpaired) electrons. The van der Waals surface area contributed by atoms with E-state index < -0.39 is 0 Å². The van der Waals surface area contributed by atoms with Crippen molar-refractivity contribution in [2.75, 3.05) is 19.7 Å². The van der Waals surface area contributed by atoms with Crippen LogP contribution in [0.4, 0.5) is 0 Å². The van der Waals surface area contributed by atoms with E-state index in [4.69, 9.17) is 9.47 Å². The van der Waals surface area contributed by atoms with Crippen LogP contribution in [0.3, 0.4) is 0 Å². The predicted octanol–water partition coefficient (Wildman–Crippen LogP) is 2.77. The fraction of sp³-hybridized carbons (Fsp3) is 0.400. The minimum atomic E-state index is -0.112. The Kier molecular flexibility index (Phi) is 4.39.